The van der Waals surface area contributed by atoms with Gasteiger partial charge in [0.15, 0.2) is 0 Å². The first kappa shape index (κ1) is 73.6. The number of aliphatic hydroxyl groups is 2. The van der Waals surface area contributed by atoms with Crippen LogP contribution >= 0.6 is 0 Å². The third kappa shape index (κ3) is 61.7. The van der Waals surface area contributed by atoms with Crippen LogP contribution in [-0.4, -0.2) is 47.4 Å². The Hall–Kier alpha value is -1.40. The van der Waals surface area contributed by atoms with Gasteiger partial charge in [0.1, 0.15) is 0 Å². The average molecular weight is 1060 g/mol. The predicted octanol–water partition coefficient (Wildman–Crippen LogP) is 22.0. The maximum absolute atomic E-state index is 12.5. The van der Waals surface area contributed by atoms with E-state index in [0.717, 1.165) is 38.5 Å². The molecule has 0 saturated carbocycles. The number of aliphatic hydroxyl groups excluding tert-OH is 2. The maximum Gasteiger partial charge on any atom is 0.305 e. The SMILES string of the molecule is CCCCCCCCCCCCCCC(O)C(CO)NC(=O)CCCCCCCCCCCCCCCCCCC/C=C\CCCCCCCCCCCCCCCCOC(=O)CCCCCCCCCCCCC. The van der Waals surface area contributed by atoms with Crippen LogP contribution in [0, 0.1) is 0 Å². The topological polar surface area (TPSA) is 95.9 Å². The molecule has 0 radical (unpaired) electrons. The molecule has 6 heteroatoms. The van der Waals surface area contributed by atoms with Crippen LogP contribution in [-0.2, 0) is 14.3 Å². The number of nitrogens with one attached hydrogen (secondary N) is 1. The molecular formula is C69H135NO5. The maximum atomic E-state index is 12.5. The molecule has 6 nitrogen and oxygen atoms in total. The van der Waals surface area contributed by atoms with Crippen molar-refractivity contribution < 1.29 is 24.5 Å². The first-order valence-corrected chi connectivity index (χ1v) is 34.4. The molecule has 0 saturated heterocycles. The third-order valence-corrected chi connectivity index (χ3v) is 16.3. The molecule has 0 spiro atoms. The zero-order valence-corrected chi connectivity index (χ0v) is 51.1. The summed E-state index contributed by atoms with van der Waals surface area (Å²) in [5, 5.41) is 23.3. The van der Waals surface area contributed by atoms with Crippen molar-refractivity contribution in [1.82, 2.24) is 5.32 Å². The van der Waals surface area contributed by atoms with E-state index in [-0.39, 0.29) is 18.5 Å². The Labute approximate surface area is 469 Å². The fourth-order valence-corrected chi connectivity index (χ4v) is 11.1. The van der Waals surface area contributed by atoms with Crippen molar-refractivity contribution in [2.75, 3.05) is 13.2 Å². The summed E-state index contributed by atoms with van der Waals surface area (Å²) in [6.07, 6.45) is 79.9. The van der Waals surface area contributed by atoms with Crippen LogP contribution in [0.3, 0.4) is 0 Å². The van der Waals surface area contributed by atoms with E-state index < -0.39 is 12.1 Å². The number of amides is 1. The van der Waals surface area contributed by atoms with E-state index in [1.807, 2.05) is 0 Å². The molecule has 3 N–H and O–H groups in total. The van der Waals surface area contributed by atoms with Gasteiger partial charge in [-0.2, -0.15) is 0 Å². The second-order valence-electron chi connectivity index (χ2n) is 23.9. The van der Waals surface area contributed by atoms with Gasteiger partial charge in [-0.25, -0.2) is 0 Å². The minimum absolute atomic E-state index is 0.0205. The van der Waals surface area contributed by atoms with Gasteiger partial charge in [-0.3, -0.25) is 9.59 Å². The summed E-state index contributed by atoms with van der Waals surface area (Å²) in [5.41, 5.74) is 0. The molecule has 0 aliphatic carbocycles. The highest BCUT2D eigenvalue weighted by Crippen LogP contribution is 2.19. The van der Waals surface area contributed by atoms with Crippen molar-refractivity contribution in [2.45, 2.75) is 405 Å². The van der Waals surface area contributed by atoms with E-state index in [9.17, 15) is 19.8 Å². The van der Waals surface area contributed by atoms with Gasteiger partial charge in [0.05, 0.1) is 25.4 Å². The summed E-state index contributed by atoms with van der Waals surface area (Å²) in [7, 11) is 0. The summed E-state index contributed by atoms with van der Waals surface area (Å²) in [4.78, 5) is 24.5. The molecule has 0 aliphatic rings. The second-order valence-corrected chi connectivity index (χ2v) is 23.9. The Morgan fingerprint density at radius 3 is 0.947 bits per heavy atom. The first-order chi connectivity index (χ1) is 37.0. The Balaban J connectivity index is 3.31. The normalized spacial score (nSPS) is 12.5. The molecule has 446 valence electrons. The molecule has 0 aliphatic heterocycles. The van der Waals surface area contributed by atoms with E-state index in [1.54, 1.807) is 0 Å². The summed E-state index contributed by atoms with van der Waals surface area (Å²) in [5.74, 6) is -0.00910. The Morgan fingerprint density at radius 2 is 0.627 bits per heavy atom. The monoisotopic (exact) mass is 1060 g/mol. The van der Waals surface area contributed by atoms with E-state index >= 15 is 0 Å². The van der Waals surface area contributed by atoms with E-state index in [0.29, 0.717) is 25.9 Å². The van der Waals surface area contributed by atoms with Crippen LogP contribution in [0.2, 0.25) is 0 Å². The van der Waals surface area contributed by atoms with Gasteiger partial charge in [-0.1, -0.05) is 341 Å². The van der Waals surface area contributed by atoms with Gasteiger partial charge in [0.25, 0.3) is 0 Å². The van der Waals surface area contributed by atoms with Gasteiger partial charge in [0.2, 0.25) is 5.91 Å². The molecule has 0 heterocycles. The standard InChI is InChI=1S/C69H135NO5/c1-3-5-7-9-11-13-15-42-45-49-53-57-61-67(72)66(65-71)70-68(73)62-58-54-50-46-43-39-37-35-33-31-29-27-25-23-21-19-17-16-18-20-22-24-26-28-30-32-34-36-38-40-44-48-52-56-60-64-75-69(74)63-59-55-51-47-41-14-12-10-8-6-4-2/h18,20,66-67,71-72H,3-17,19,21-65H2,1-2H3,(H,70,73)/b20-18-. The lowest BCUT2D eigenvalue weighted by molar-refractivity contribution is -0.143. The third-order valence-electron chi connectivity index (χ3n) is 16.3. The number of ether oxygens (including phenoxy) is 1. The minimum Gasteiger partial charge on any atom is -0.466 e. The van der Waals surface area contributed by atoms with Crippen molar-refractivity contribution >= 4 is 11.9 Å². The fraction of sp³-hybridized carbons (Fsp3) is 0.942. The van der Waals surface area contributed by atoms with Gasteiger partial charge in [-0.15, -0.1) is 0 Å². The van der Waals surface area contributed by atoms with Crippen LogP contribution < -0.4 is 5.32 Å². The largest absolute Gasteiger partial charge is 0.466 e. The quantitative estimate of drug-likeness (QED) is 0.0320. The average Bonchev–Trinajstić information content (AvgIpc) is 3.41. The lowest BCUT2D eigenvalue weighted by atomic mass is 10.0. The Kier molecular flexibility index (Phi) is 63.9. The molecule has 2 unspecified atom stereocenters. The Morgan fingerprint density at radius 1 is 0.360 bits per heavy atom. The molecule has 0 aromatic rings. The molecule has 0 rings (SSSR count). The highest BCUT2D eigenvalue weighted by molar-refractivity contribution is 5.76. The summed E-state index contributed by atoms with van der Waals surface area (Å²) < 4.78 is 5.48. The van der Waals surface area contributed by atoms with Gasteiger partial charge in [0, 0.05) is 12.8 Å². The second kappa shape index (κ2) is 65.1. The van der Waals surface area contributed by atoms with E-state index in [4.69, 9.17) is 4.74 Å². The first-order valence-electron chi connectivity index (χ1n) is 34.4. The molecular weight excluding hydrogens is 923 g/mol. The number of hydrogen-bond donors (Lipinski definition) is 3. The van der Waals surface area contributed by atoms with Crippen molar-refractivity contribution in [3.8, 4) is 0 Å². The van der Waals surface area contributed by atoms with Crippen LogP contribution in [0.5, 0.6) is 0 Å². The molecule has 2 atom stereocenters. The van der Waals surface area contributed by atoms with Gasteiger partial charge >= 0.3 is 5.97 Å². The number of esters is 1. The van der Waals surface area contributed by atoms with Crippen LogP contribution in [0.15, 0.2) is 12.2 Å². The molecule has 1 amide bonds. The number of unbranched alkanes of at least 4 members (excludes halogenated alkanes) is 52. The molecule has 75 heavy (non-hydrogen) atoms. The zero-order chi connectivity index (χ0) is 54.3. The summed E-state index contributed by atoms with van der Waals surface area (Å²) in [6, 6.07) is -0.537. The number of carbonyl (C=O) groups excluding carboxylic acids is 2. The number of hydrogen-bond acceptors (Lipinski definition) is 5. The lowest BCUT2D eigenvalue weighted by Crippen LogP contribution is -2.45. The summed E-state index contributed by atoms with van der Waals surface area (Å²) >= 11 is 0. The predicted molar refractivity (Wildman–Crippen MR) is 329 cm³/mol. The van der Waals surface area contributed by atoms with Gasteiger partial charge in [-0.05, 0) is 51.4 Å². The molecule has 0 aromatic carbocycles. The van der Waals surface area contributed by atoms with Crippen LogP contribution in [0.4, 0.5) is 0 Å². The van der Waals surface area contributed by atoms with E-state index in [1.165, 1.54) is 321 Å². The molecule has 0 bridgehead atoms. The van der Waals surface area contributed by atoms with Crippen LogP contribution in [0.1, 0.15) is 393 Å². The number of allylic oxidation sites excluding steroid dienone is 2. The molecule has 0 aromatic heterocycles. The number of carbonyl (C=O) groups is 2. The smallest absolute Gasteiger partial charge is 0.305 e. The highest BCUT2D eigenvalue weighted by atomic mass is 16.5. The van der Waals surface area contributed by atoms with Crippen molar-refractivity contribution in [3.05, 3.63) is 12.2 Å². The number of rotatable bonds is 65. The molecule has 0 fully saturated rings. The van der Waals surface area contributed by atoms with Gasteiger partial charge < -0.3 is 20.3 Å². The van der Waals surface area contributed by atoms with E-state index in [2.05, 4.69) is 31.3 Å². The van der Waals surface area contributed by atoms with Crippen molar-refractivity contribution in [2.24, 2.45) is 0 Å². The fourth-order valence-electron chi connectivity index (χ4n) is 11.1. The minimum atomic E-state index is -0.660. The Bertz CT molecular complexity index is 1130. The highest BCUT2D eigenvalue weighted by Gasteiger charge is 2.20. The van der Waals surface area contributed by atoms with Crippen molar-refractivity contribution in [1.29, 1.82) is 0 Å². The summed E-state index contributed by atoms with van der Waals surface area (Å²) in [6.45, 7) is 4.98. The van der Waals surface area contributed by atoms with Crippen molar-refractivity contribution in [3.63, 3.8) is 0 Å². The lowest BCUT2D eigenvalue weighted by Gasteiger charge is -2.22. The zero-order valence-electron chi connectivity index (χ0n) is 51.1. The van der Waals surface area contributed by atoms with Crippen LogP contribution in [0.25, 0.3) is 0 Å².